The van der Waals surface area contributed by atoms with Crippen LogP contribution < -0.4 is 5.32 Å². The molecule has 2 saturated heterocycles. The summed E-state index contributed by atoms with van der Waals surface area (Å²) in [4.78, 5) is 28.8. The number of halogens is 2. The van der Waals surface area contributed by atoms with Crippen LogP contribution >= 0.6 is 0 Å². The molecule has 2 aliphatic heterocycles. The van der Waals surface area contributed by atoms with E-state index in [1.165, 1.54) is 11.0 Å². The van der Waals surface area contributed by atoms with Crippen LogP contribution in [0.4, 0.5) is 13.6 Å². The summed E-state index contributed by atoms with van der Waals surface area (Å²) in [5, 5.41) is 31.6. The number of carbonyl (C=O) groups excluding carboxylic acids is 2. The van der Waals surface area contributed by atoms with Gasteiger partial charge in [0.05, 0.1) is 18.5 Å². The van der Waals surface area contributed by atoms with Gasteiger partial charge in [-0.3, -0.25) is 9.69 Å². The third kappa shape index (κ3) is 8.00. The van der Waals surface area contributed by atoms with E-state index in [1.54, 1.807) is 43.0 Å². The lowest BCUT2D eigenvalue weighted by atomic mass is 9.76. The van der Waals surface area contributed by atoms with Crippen LogP contribution in [0.3, 0.4) is 0 Å². The third-order valence-electron chi connectivity index (χ3n) is 7.09. The van der Waals surface area contributed by atoms with Crippen LogP contribution in [0.1, 0.15) is 45.1 Å². The van der Waals surface area contributed by atoms with E-state index in [9.17, 15) is 33.7 Å². The van der Waals surface area contributed by atoms with E-state index in [4.69, 9.17) is 4.74 Å². The Balaban J connectivity index is 1.63. The van der Waals surface area contributed by atoms with Gasteiger partial charge in [-0.1, -0.05) is 30.3 Å². The van der Waals surface area contributed by atoms with E-state index in [2.05, 4.69) is 5.32 Å². The molecule has 1 aromatic rings. The normalized spacial score (nSPS) is 20.9. The van der Waals surface area contributed by atoms with Gasteiger partial charge in [0, 0.05) is 25.0 Å². The van der Waals surface area contributed by atoms with E-state index in [-0.39, 0.29) is 31.6 Å². The molecule has 2 aliphatic rings. The maximum atomic E-state index is 13.8. The second kappa shape index (κ2) is 12.7. The zero-order chi connectivity index (χ0) is 27.9. The molecule has 1 aromatic carbocycles. The highest BCUT2D eigenvalue weighted by molar-refractivity contribution is 6.43. The highest BCUT2D eigenvalue weighted by atomic mass is 19.3. The number of rotatable bonds is 9. The van der Waals surface area contributed by atoms with Crippen molar-refractivity contribution < 1.29 is 33.2 Å². The zero-order valence-corrected chi connectivity index (χ0v) is 21.8. The van der Waals surface area contributed by atoms with Gasteiger partial charge in [0.25, 0.3) is 11.8 Å². The minimum absolute atomic E-state index is 0.141. The molecule has 206 valence electrons. The first-order chi connectivity index (χ1) is 17.9. The molecule has 0 aliphatic carbocycles. The Labute approximate surface area is 222 Å². The summed E-state index contributed by atoms with van der Waals surface area (Å²) in [6.07, 6.45) is 2.55. The fraction of sp³-hybridized carbons (Fsp3) is 0.577. The minimum Gasteiger partial charge on any atom is -0.447 e. The molecule has 3 N–H and O–H groups in total. The van der Waals surface area contributed by atoms with Gasteiger partial charge in [-0.05, 0) is 51.2 Å². The fourth-order valence-corrected chi connectivity index (χ4v) is 4.87. The van der Waals surface area contributed by atoms with Gasteiger partial charge in [-0.2, -0.15) is 5.26 Å². The molecule has 2 amide bonds. The Morgan fingerprint density at radius 1 is 1.29 bits per heavy atom. The van der Waals surface area contributed by atoms with Crippen LogP contribution in [0.2, 0.25) is 0 Å². The molecule has 0 bridgehead atoms. The molecule has 2 fully saturated rings. The number of nitriles is 1. The van der Waals surface area contributed by atoms with Gasteiger partial charge in [-0.25, -0.2) is 13.6 Å². The van der Waals surface area contributed by atoms with Crippen molar-refractivity contribution in [3.63, 3.8) is 0 Å². The number of alkyl halides is 2. The van der Waals surface area contributed by atoms with Gasteiger partial charge >= 0.3 is 13.2 Å². The van der Waals surface area contributed by atoms with Crippen molar-refractivity contribution in [1.82, 2.24) is 15.1 Å². The Kier molecular flexibility index (Phi) is 9.87. The summed E-state index contributed by atoms with van der Waals surface area (Å²) in [5.41, 5.74) is -0.277. The van der Waals surface area contributed by atoms with Crippen LogP contribution in [-0.2, 0) is 16.0 Å². The standard InChI is InChI=1S/C26H35BF2N4O5/c1-25(2,32-13-11-26(28,29)18-32)15-20(16-30)23(34)33-12-7-6-10-21(33)17-38-24(35)31-22(27(36)37)14-19-8-4-3-5-9-19/h3-5,8-9,15,21-22,36-37H,6-7,10-14,17-18H2,1-2H3,(H,31,35)/b20-15-/t21-,22+/m1/s1. The number of benzene rings is 1. The average molecular weight is 532 g/mol. The van der Waals surface area contributed by atoms with Gasteiger partial charge < -0.3 is 25.0 Å². The van der Waals surface area contributed by atoms with E-state index >= 15 is 0 Å². The van der Waals surface area contributed by atoms with Gasteiger partial charge in [0.2, 0.25) is 0 Å². The molecule has 0 radical (unpaired) electrons. The van der Waals surface area contributed by atoms with E-state index in [0.717, 1.165) is 12.0 Å². The number of alkyl carbamates (subject to hydrolysis) is 1. The first-order valence-electron chi connectivity index (χ1n) is 12.8. The number of ether oxygens (including phenoxy) is 1. The summed E-state index contributed by atoms with van der Waals surface area (Å²) in [5.74, 6) is -4.33. The highest BCUT2D eigenvalue weighted by Crippen LogP contribution is 2.33. The molecule has 0 aromatic heterocycles. The van der Waals surface area contributed by atoms with Gasteiger partial charge in [-0.15, -0.1) is 0 Å². The number of hydrogen-bond donors (Lipinski definition) is 3. The Morgan fingerprint density at radius 2 is 2.00 bits per heavy atom. The second-order valence-corrected chi connectivity index (χ2v) is 10.5. The Bertz CT molecular complexity index is 1050. The number of nitrogens with one attached hydrogen (secondary N) is 1. The quantitative estimate of drug-likeness (QED) is 0.253. The molecule has 2 heterocycles. The van der Waals surface area contributed by atoms with Crippen molar-refractivity contribution in [1.29, 1.82) is 5.26 Å². The number of carbonyl (C=O) groups is 2. The second-order valence-electron chi connectivity index (χ2n) is 10.5. The van der Waals surface area contributed by atoms with Crippen LogP contribution in [-0.4, -0.2) is 88.7 Å². The van der Waals surface area contributed by atoms with Gasteiger partial charge in [0.1, 0.15) is 18.2 Å². The van der Waals surface area contributed by atoms with Gasteiger partial charge in [0.15, 0.2) is 0 Å². The van der Waals surface area contributed by atoms with Crippen molar-refractivity contribution in [3.8, 4) is 6.07 Å². The van der Waals surface area contributed by atoms with Crippen LogP contribution in [0.25, 0.3) is 0 Å². The fourth-order valence-electron chi connectivity index (χ4n) is 4.87. The largest absolute Gasteiger partial charge is 0.475 e. The number of piperidine rings is 1. The summed E-state index contributed by atoms with van der Waals surface area (Å²) in [6, 6.07) is 10.5. The van der Waals surface area contributed by atoms with Crippen molar-refractivity contribution in [3.05, 3.63) is 47.5 Å². The van der Waals surface area contributed by atoms with E-state index < -0.39 is 49.1 Å². The molecule has 3 rings (SSSR count). The summed E-state index contributed by atoms with van der Waals surface area (Å²) >= 11 is 0. The maximum Gasteiger partial charge on any atom is 0.475 e. The predicted molar refractivity (Wildman–Crippen MR) is 137 cm³/mol. The maximum absolute atomic E-state index is 13.8. The molecule has 2 atom stereocenters. The lowest BCUT2D eigenvalue weighted by molar-refractivity contribution is -0.131. The molecule has 9 nitrogen and oxygen atoms in total. The number of nitrogens with zero attached hydrogens (tertiary/aromatic N) is 3. The molecular formula is C26H35BF2N4O5. The summed E-state index contributed by atoms with van der Waals surface area (Å²) in [6.45, 7) is 3.33. The smallest absolute Gasteiger partial charge is 0.447 e. The van der Waals surface area contributed by atoms with E-state index in [0.29, 0.717) is 19.4 Å². The number of hydrogen-bond acceptors (Lipinski definition) is 7. The first-order valence-corrected chi connectivity index (χ1v) is 12.8. The molecular weight excluding hydrogens is 497 g/mol. The lowest BCUT2D eigenvalue weighted by Crippen LogP contribution is -2.50. The van der Waals surface area contributed by atoms with E-state index in [1.807, 2.05) is 12.1 Å². The number of likely N-dealkylation sites (tertiary alicyclic amines) is 2. The van der Waals surface area contributed by atoms with Crippen molar-refractivity contribution in [2.45, 2.75) is 69.4 Å². The molecule has 38 heavy (non-hydrogen) atoms. The minimum atomic E-state index is -2.80. The zero-order valence-electron chi connectivity index (χ0n) is 21.8. The van der Waals surface area contributed by atoms with Crippen molar-refractivity contribution >= 4 is 19.1 Å². The lowest BCUT2D eigenvalue weighted by Gasteiger charge is -2.36. The van der Waals surface area contributed by atoms with Crippen molar-refractivity contribution in [2.75, 3.05) is 26.2 Å². The molecule has 0 unspecified atom stereocenters. The highest BCUT2D eigenvalue weighted by Gasteiger charge is 2.43. The molecule has 0 saturated carbocycles. The SMILES string of the molecule is CC(C)(/C=C(/C#N)C(=O)N1CCCC[C@@H]1COC(=O)N[C@@H](Cc1ccccc1)B(O)O)N1CCC(F)(F)C1. The topological polar surface area (TPSA) is 126 Å². The monoisotopic (exact) mass is 532 g/mol. The van der Waals surface area contributed by atoms with Crippen LogP contribution in [0.15, 0.2) is 42.0 Å². The Morgan fingerprint density at radius 3 is 2.61 bits per heavy atom. The first kappa shape index (κ1) is 29.5. The predicted octanol–water partition coefficient (Wildman–Crippen LogP) is 2.29. The molecule has 0 spiro atoms. The molecule has 12 heteroatoms. The summed E-state index contributed by atoms with van der Waals surface area (Å²) < 4.78 is 32.8. The van der Waals surface area contributed by atoms with Crippen LogP contribution in [0.5, 0.6) is 0 Å². The van der Waals surface area contributed by atoms with Crippen molar-refractivity contribution in [2.24, 2.45) is 0 Å². The average Bonchev–Trinajstić information content (AvgIpc) is 3.26. The Hall–Kier alpha value is -3.01. The summed E-state index contributed by atoms with van der Waals surface area (Å²) in [7, 11) is -1.81. The third-order valence-corrected chi connectivity index (χ3v) is 7.09. The van der Waals surface area contributed by atoms with Crippen LogP contribution in [0, 0.1) is 11.3 Å². The number of amides is 2.